The number of hydrogen-bond acceptors (Lipinski definition) is 4. The van der Waals surface area contributed by atoms with E-state index in [4.69, 9.17) is 0 Å². The van der Waals surface area contributed by atoms with E-state index < -0.39 is 5.97 Å². The van der Waals surface area contributed by atoms with E-state index in [1.165, 1.54) is 7.11 Å². The number of methoxy groups -OCH3 is 1. The normalized spacial score (nSPS) is 9.89. The Hall–Kier alpha value is -1.88. The van der Waals surface area contributed by atoms with Crippen molar-refractivity contribution in [1.82, 2.24) is 5.32 Å². The minimum Gasteiger partial charge on any atom is -0.465 e. The zero-order valence-corrected chi connectivity index (χ0v) is 10.7. The minimum atomic E-state index is -0.415. The predicted octanol–water partition coefficient (Wildman–Crippen LogP) is 1.41. The molecule has 0 fully saturated rings. The van der Waals surface area contributed by atoms with Crippen molar-refractivity contribution in [1.29, 1.82) is 0 Å². The largest absolute Gasteiger partial charge is 0.465 e. The molecule has 1 aromatic carbocycles. The zero-order valence-electron chi connectivity index (χ0n) is 10.7. The number of carbonyl (C=O) groups is 2. The van der Waals surface area contributed by atoms with E-state index >= 15 is 0 Å². The van der Waals surface area contributed by atoms with Gasteiger partial charge in [-0.2, -0.15) is 0 Å². The summed E-state index contributed by atoms with van der Waals surface area (Å²) in [7, 11) is 3.17. The number of ether oxygens (including phenoxy) is 1. The van der Waals surface area contributed by atoms with Crippen molar-refractivity contribution in [3.05, 3.63) is 29.8 Å². The fourth-order valence-electron chi connectivity index (χ4n) is 1.49. The first-order chi connectivity index (χ1) is 8.67. The van der Waals surface area contributed by atoms with Gasteiger partial charge in [0.05, 0.1) is 12.7 Å². The molecule has 0 saturated carbocycles. The molecule has 0 aromatic heterocycles. The van der Waals surface area contributed by atoms with Crippen molar-refractivity contribution in [2.45, 2.75) is 12.8 Å². The lowest BCUT2D eigenvalue weighted by atomic mass is 10.2. The molecule has 0 unspecified atom stereocenters. The van der Waals surface area contributed by atoms with Crippen LogP contribution >= 0.6 is 0 Å². The van der Waals surface area contributed by atoms with E-state index in [9.17, 15) is 9.59 Å². The van der Waals surface area contributed by atoms with Gasteiger partial charge in [-0.3, -0.25) is 4.79 Å². The lowest BCUT2D eigenvalue weighted by Crippen LogP contribution is -2.15. The SMILES string of the molecule is CNCCCC(=O)Nc1cccc(C(=O)OC)c1. The first kappa shape index (κ1) is 14.2. The standard InChI is InChI=1S/C13H18N2O3/c1-14-8-4-7-12(16)15-11-6-3-5-10(9-11)13(17)18-2/h3,5-6,9,14H,4,7-8H2,1-2H3,(H,15,16). The average Bonchev–Trinajstić information content (AvgIpc) is 2.38. The Morgan fingerprint density at radius 1 is 1.33 bits per heavy atom. The summed E-state index contributed by atoms with van der Waals surface area (Å²) in [5.41, 5.74) is 1.03. The van der Waals surface area contributed by atoms with Gasteiger partial charge < -0.3 is 15.4 Å². The monoisotopic (exact) mass is 250 g/mol. The molecule has 5 nitrogen and oxygen atoms in total. The maximum Gasteiger partial charge on any atom is 0.337 e. The molecule has 0 saturated heterocycles. The van der Waals surface area contributed by atoms with Crippen molar-refractivity contribution in [2.75, 3.05) is 26.0 Å². The summed E-state index contributed by atoms with van der Waals surface area (Å²) in [5, 5.41) is 5.72. The molecule has 0 bridgehead atoms. The minimum absolute atomic E-state index is 0.0627. The molecule has 5 heteroatoms. The van der Waals surface area contributed by atoms with Gasteiger partial charge in [0.15, 0.2) is 0 Å². The van der Waals surface area contributed by atoms with Crippen LogP contribution in [0.5, 0.6) is 0 Å². The third-order valence-corrected chi connectivity index (χ3v) is 2.40. The Morgan fingerprint density at radius 2 is 2.11 bits per heavy atom. The second-order valence-electron chi connectivity index (χ2n) is 3.83. The number of hydrogen-bond donors (Lipinski definition) is 2. The Kier molecular flexibility index (Phi) is 5.87. The van der Waals surface area contributed by atoms with Gasteiger partial charge in [0, 0.05) is 12.1 Å². The Morgan fingerprint density at radius 3 is 2.78 bits per heavy atom. The molecule has 1 rings (SSSR count). The second-order valence-corrected chi connectivity index (χ2v) is 3.83. The molecule has 0 aliphatic heterocycles. The van der Waals surface area contributed by atoms with Crippen LogP contribution in [0.25, 0.3) is 0 Å². The van der Waals surface area contributed by atoms with Crippen LogP contribution < -0.4 is 10.6 Å². The van der Waals surface area contributed by atoms with Crippen molar-refractivity contribution in [3.8, 4) is 0 Å². The maximum absolute atomic E-state index is 11.6. The highest BCUT2D eigenvalue weighted by Gasteiger charge is 2.07. The van der Waals surface area contributed by atoms with Gasteiger partial charge in [0.2, 0.25) is 5.91 Å². The van der Waals surface area contributed by atoms with Crippen molar-refractivity contribution >= 4 is 17.6 Å². The van der Waals surface area contributed by atoms with E-state index in [1.807, 2.05) is 7.05 Å². The summed E-state index contributed by atoms with van der Waals surface area (Å²) in [5.74, 6) is -0.478. The number of benzene rings is 1. The van der Waals surface area contributed by atoms with Gasteiger partial charge >= 0.3 is 5.97 Å². The van der Waals surface area contributed by atoms with Crippen molar-refractivity contribution in [2.24, 2.45) is 0 Å². The molecule has 0 heterocycles. The highest BCUT2D eigenvalue weighted by atomic mass is 16.5. The number of esters is 1. The van der Waals surface area contributed by atoms with Gasteiger partial charge in [-0.1, -0.05) is 6.07 Å². The van der Waals surface area contributed by atoms with E-state index in [0.717, 1.165) is 13.0 Å². The third kappa shape index (κ3) is 4.55. The van der Waals surface area contributed by atoms with E-state index in [2.05, 4.69) is 15.4 Å². The molecule has 1 aromatic rings. The topological polar surface area (TPSA) is 67.4 Å². The summed E-state index contributed by atoms with van der Waals surface area (Å²) in [4.78, 5) is 22.9. The van der Waals surface area contributed by atoms with Gasteiger partial charge in [-0.25, -0.2) is 4.79 Å². The first-order valence-corrected chi connectivity index (χ1v) is 5.80. The molecule has 98 valence electrons. The Bertz CT molecular complexity index is 418. The fraction of sp³-hybridized carbons (Fsp3) is 0.385. The van der Waals surface area contributed by atoms with Gasteiger partial charge in [0.1, 0.15) is 0 Å². The van der Waals surface area contributed by atoms with Gasteiger partial charge in [0.25, 0.3) is 0 Å². The van der Waals surface area contributed by atoms with Crippen LogP contribution in [0.2, 0.25) is 0 Å². The van der Waals surface area contributed by atoms with Gasteiger partial charge in [-0.15, -0.1) is 0 Å². The molecular weight excluding hydrogens is 232 g/mol. The van der Waals surface area contributed by atoms with Crippen LogP contribution in [0.4, 0.5) is 5.69 Å². The third-order valence-electron chi connectivity index (χ3n) is 2.40. The average molecular weight is 250 g/mol. The summed E-state index contributed by atoms with van der Waals surface area (Å²) in [6.45, 7) is 0.801. The summed E-state index contributed by atoms with van der Waals surface area (Å²) in [6, 6.07) is 6.68. The number of nitrogens with one attached hydrogen (secondary N) is 2. The lowest BCUT2D eigenvalue weighted by molar-refractivity contribution is -0.116. The summed E-state index contributed by atoms with van der Waals surface area (Å²) in [6.07, 6.45) is 1.22. The van der Waals surface area contributed by atoms with Crippen LogP contribution in [0, 0.1) is 0 Å². The first-order valence-electron chi connectivity index (χ1n) is 5.80. The summed E-state index contributed by atoms with van der Waals surface area (Å²) >= 11 is 0. The van der Waals surface area contributed by atoms with Crippen LogP contribution in [0.1, 0.15) is 23.2 Å². The molecule has 18 heavy (non-hydrogen) atoms. The van der Waals surface area contributed by atoms with Crippen LogP contribution in [-0.2, 0) is 9.53 Å². The maximum atomic E-state index is 11.6. The van der Waals surface area contributed by atoms with E-state index in [-0.39, 0.29) is 5.91 Å². The smallest absolute Gasteiger partial charge is 0.337 e. The highest BCUT2D eigenvalue weighted by molar-refractivity contribution is 5.94. The van der Waals surface area contributed by atoms with Crippen LogP contribution in [0.3, 0.4) is 0 Å². The molecule has 0 spiro atoms. The highest BCUT2D eigenvalue weighted by Crippen LogP contribution is 2.12. The summed E-state index contributed by atoms with van der Waals surface area (Å²) < 4.78 is 4.62. The Balaban J connectivity index is 2.56. The number of amides is 1. The van der Waals surface area contributed by atoms with E-state index in [0.29, 0.717) is 17.7 Å². The molecular formula is C13H18N2O3. The predicted molar refractivity (Wildman–Crippen MR) is 69.6 cm³/mol. The number of anilines is 1. The second kappa shape index (κ2) is 7.45. The lowest BCUT2D eigenvalue weighted by Gasteiger charge is -2.06. The number of carbonyl (C=O) groups excluding carboxylic acids is 2. The molecule has 0 atom stereocenters. The quantitative estimate of drug-likeness (QED) is 0.591. The Labute approximate surface area is 107 Å². The van der Waals surface area contributed by atoms with Crippen molar-refractivity contribution < 1.29 is 14.3 Å². The van der Waals surface area contributed by atoms with Crippen LogP contribution in [-0.4, -0.2) is 32.6 Å². The van der Waals surface area contributed by atoms with Crippen LogP contribution in [0.15, 0.2) is 24.3 Å². The van der Waals surface area contributed by atoms with Gasteiger partial charge in [-0.05, 0) is 38.2 Å². The molecule has 0 aliphatic rings. The number of rotatable bonds is 6. The van der Waals surface area contributed by atoms with Crippen molar-refractivity contribution in [3.63, 3.8) is 0 Å². The molecule has 0 radical (unpaired) electrons. The molecule has 2 N–H and O–H groups in total. The molecule has 0 aliphatic carbocycles. The fourth-order valence-corrected chi connectivity index (χ4v) is 1.49. The zero-order chi connectivity index (χ0) is 13.4. The van der Waals surface area contributed by atoms with E-state index in [1.54, 1.807) is 24.3 Å². The molecule has 1 amide bonds.